The summed E-state index contributed by atoms with van der Waals surface area (Å²) < 4.78 is 7.43. The van der Waals surface area contributed by atoms with E-state index in [0.717, 1.165) is 19.3 Å². The summed E-state index contributed by atoms with van der Waals surface area (Å²) in [5.74, 6) is 0.442. The van der Waals surface area contributed by atoms with Gasteiger partial charge in [-0.15, -0.1) is 0 Å². The van der Waals surface area contributed by atoms with Crippen LogP contribution in [0.1, 0.15) is 52.5 Å². The molecule has 1 saturated carbocycles. The van der Waals surface area contributed by atoms with Gasteiger partial charge >= 0.3 is 6.09 Å². The van der Waals surface area contributed by atoms with Crippen molar-refractivity contribution in [3.8, 4) is 0 Å². The van der Waals surface area contributed by atoms with Gasteiger partial charge in [0.2, 0.25) is 5.91 Å². The number of hydrogen-bond donors (Lipinski definition) is 1. The Labute approximate surface area is 156 Å². The van der Waals surface area contributed by atoms with E-state index in [1.54, 1.807) is 27.1 Å². The third-order valence-electron chi connectivity index (χ3n) is 5.29. The number of ether oxygens (including phenoxy) is 1. The van der Waals surface area contributed by atoms with Crippen molar-refractivity contribution >= 4 is 29.0 Å². The van der Waals surface area contributed by atoms with E-state index in [-0.39, 0.29) is 18.0 Å². The molecule has 2 aliphatic rings. The molecule has 0 radical (unpaired) electrons. The lowest BCUT2D eigenvalue weighted by Gasteiger charge is -2.46. The highest BCUT2D eigenvalue weighted by molar-refractivity contribution is 5.93. The number of likely N-dealkylation sites (tertiary alicyclic amines) is 1. The summed E-state index contributed by atoms with van der Waals surface area (Å²) in [5, 5.41) is 0. The van der Waals surface area contributed by atoms with Crippen LogP contribution < -0.4 is 5.73 Å². The predicted octanol–water partition coefficient (Wildman–Crippen LogP) is 2.29. The molecule has 9 heteroatoms. The molecule has 0 spiro atoms. The number of nitrogen functional groups attached to an aromatic ring is 1. The van der Waals surface area contributed by atoms with E-state index in [0.29, 0.717) is 29.3 Å². The third-order valence-corrected chi connectivity index (χ3v) is 5.29. The monoisotopic (exact) mass is 372 g/mol. The number of fused-ring (bicyclic) bond motifs is 3. The van der Waals surface area contributed by atoms with Crippen LogP contribution in [0.2, 0.25) is 0 Å². The van der Waals surface area contributed by atoms with E-state index < -0.39 is 11.7 Å². The van der Waals surface area contributed by atoms with E-state index >= 15 is 0 Å². The summed E-state index contributed by atoms with van der Waals surface area (Å²) >= 11 is 0. The molecule has 3 atom stereocenters. The van der Waals surface area contributed by atoms with Crippen molar-refractivity contribution in [3.05, 3.63) is 12.7 Å². The van der Waals surface area contributed by atoms with Gasteiger partial charge in [-0.1, -0.05) is 0 Å². The van der Waals surface area contributed by atoms with Crippen LogP contribution in [0.5, 0.6) is 0 Å². The molecule has 2 fully saturated rings. The van der Waals surface area contributed by atoms with Crippen molar-refractivity contribution in [2.45, 2.75) is 64.1 Å². The van der Waals surface area contributed by atoms with E-state index in [1.807, 2.05) is 4.57 Å². The number of piperidine rings is 1. The standard InChI is InChI=1S/C18H24N6O3/c1-18(2,3)27-17(26)24-12-6-10(7-13(24)25)4-5-11(12)23-9-22-14-15(19)20-8-21-16(14)23/h8-12H,4-7H2,1-3H3,(H2,19,20,21)/t10-,11-,12-/m0/s1. The smallest absolute Gasteiger partial charge is 0.417 e. The molecule has 9 nitrogen and oxygen atoms in total. The fourth-order valence-corrected chi connectivity index (χ4v) is 4.19. The lowest BCUT2D eigenvalue weighted by atomic mass is 9.76. The summed E-state index contributed by atoms with van der Waals surface area (Å²) in [6.07, 6.45) is 5.40. The van der Waals surface area contributed by atoms with Crippen molar-refractivity contribution in [3.63, 3.8) is 0 Å². The summed E-state index contributed by atoms with van der Waals surface area (Å²) in [5.41, 5.74) is 6.39. The van der Waals surface area contributed by atoms with Crippen LogP contribution in [0.3, 0.4) is 0 Å². The van der Waals surface area contributed by atoms with Gasteiger partial charge in [0.05, 0.1) is 18.4 Å². The zero-order valence-corrected chi connectivity index (χ0v) is 15.8. The third kappa shape index (κ3) is 3.11. The van der Waals surface area contributed by atoms with Gasteiger partial charge in [-0.2, -0.15) is 0 Å². The fourth-order valence-electron chi connectivity index (χ4n) is 4.19. The van der Waals surface area contributed by atoms with Crippen LogP contribution >= 0.6 is 0 Å². The highest BCUT2D eigenvalue weighted by Gasteiger charge is 2.47. The first kappa shape index (κ1) is 17.7. The van der Waals surface area contributed by atoms with Gasteiger partial charge < -0.3 is 15.0 Å². The average molecular weight is 372 g/mol. The van der Waals surface area contributed by atoms with Crippen LogP contribution in [0.15, 0.2) is 12.7 Å². The first-order valence-electron chi connectivity index (χ1n) is 9.22. The van der Waals surface area contributed by atoms with Gasteiger partial charge in [0.25, 0.3) is 0 Å². The Hall–Kier alpha value is -2.71. The highest BCUT2D eigenvalue weighted by atomic mass is 16.6. The van der Waals surface area contributed by atoms with Gasteiger partial charge in [-0.25, -0.2) is 24.6 Å². The number of nitrogens with zero attached hydrogens (tertiary/aromatic N) is 5. The summed E-state index contributed by atoms with van der Waals surface area (Å²) in [4.78, 5) is 39.4. The maximum Gasteiger partial charge on any atom is 0.417 e. The van der Waals surface area contributed by atoms with Gasteiger partial charge in [-0.3, -0.25) is 4.79 Å². The Kier molecular flexibility index (Phi) is 4.05. The number of carbonyl (C=O) groups is 2. The number of carbonyl (C=O) groups excluding carboxylic acids is 2. The Bertz CT molecular complexity index is 902. The second-order valence-electron chi connectivity index (χ2n) is 8.34. The highest BCUT2D eigenvalue weighted by Crippen LogP contribution is 2.42. The largest absolute Gasteiger partial charge is 0.443 e. The molecule has 2 bridgehead atoms. The molecule has 2 N–H and O–H groups in total. The minimum absolute atomic E-state index is 0.114. The Morgan fingerprint density at radius 2 is 2.00 bits per heavy atom. The molecule has 1 aliphatic carbocycles. The number of hydrogen-bond acceptors (Lipinski definition) is 7. The van der Waals surface area contributed by atoms with Crippen LogP contribution in [-0.2, 0) is 9.53 Å². The summed E-state index contributed by atoms with van der Waals surface area (Å²) in [6, 6.07) is -0.397. The van der Waals surface area contributed by atoms with Gasteiger partial charge in [0.15, 0.2) is 11.5 Å². The number of amides is 2. The van der Waals surface area contributed by atoms with Gasteiger partial charge in [0.1, 0.15) is 17.4 Å². The van der Waals surface area contributed by atoms with Crippen molar-refractivity contribution in [1.82, 2.24) is 24.4 Å². The Balaban J connectivity index is 1.72. The first-order valence-corrected chi connectivity index (χ1v) is 9.22. The number of imidazole rings is 1. The minimum atomic E-state index is -0.665. The lowest BCUT2D eigenvalue weighted by molar-refractivity contribution is -0.140. The van der Waals surface area contributed by atoms with E-state index in [9.17, 15) is 9.59 Å². The molecule has 1 saturated heterocycles. The van der Waals surface area contributed by atoms with Gasteiger partial charge in [0, 0.05) is 6.42 Å². The second kappa shape index (κ2) is 6.17. The zero-order valence-electron chi connectivity index (χ0n) is 15.8. The van der Waals surface area contributed by atoms with Gasteiger partial charge in [-0.05, 0) is 46.0 Å². The topological polar surface area (TPSA) is 116 Å². The van der Waals surface area contributed by atoms with E-state index in [4.69, 9.17) is 10.5 Å². The van der Waals surface area contributed by atoms with Crippen molar-refractivity contribution in [2.24, 2.45) is 5.92 Å². The van der Waals surface area contributed by atoms with E-state index in [1.165, 1.54) is 11.2 Å². The predicted molar refractivity (Wildman–Crippen MR) is 97.6 cm³/mol. The second-order valence-corrected chi connectivity index (χ2v) is 8.34. The maximum atomic E-state index is 12.8. The number of rotatable bonds is 1. The molecule has 2 aromatic rings. The number of nitrogens with two attached hydrogens (primary N) is 1. The summed E-state index contributed by atoms with van der Waals surface area (Å²) in [6.45, 7) is 5.39. The lowest BCUT2D eigenvalue weighted by Crippen LogP contribution is -2.56. The SMILES string of the molecule is CC(C)(C)OC(=O)N1C(=O)C[C@H]2CC[C@H](n3cnc4c(N)ncnc43)[C@@H]1C2. The molecule has 2 aromatic heterocycles. The average Bonchev–Trinajstić information content (AvgIpc) is 2.98. The Morgan fingerprint density at radius 1 is 1.22 bits per heavy atom. The first-order chi connectivity index (χ1) is 12.7. The molecule has 0 unspecified atom stereocenters. The zero-order chi connectivity index (χ0) is 19.3. The normalized spacial score (nSPS) is 25.7. The molecule has 144 valence electrons. The molecule has 2 amide bonds. The maximum absolute atomic E-state index is 12.8. The van der Waals surface area contributed by atoms with Crippen LogP contribution in [0.4, 0.5) is 10.6 Å². The molecule has 27 heavy (non-hydrogen) atoms. The minimum Gasteiger partial charge on any atom is -0.443 e. The summed E-state index contributed by atoms with van der Waals surface area (Å²) in [7, 11) is 0. The number of imide groups is 1. The molecule has 1 aliphatic heterocycles. The van der Waals surface area contributed by atoms with Crippen molar-refractivity contribution in [1.29, 1.82) is 0 Å². The number of anilines is 1. The van der Waals surface area contributed by atoms with Crippen LogP contribution in [-0.4, -0.2) is 48.1 Å². The van der Waals surface area contributed by atoms with Crippen molar-refractivity contribution < 1.29 is 14.3 Å². The number of aromatic nitrogens is 4. The van der Waals surface area contributed by atoms with Crippen molar-refractivity contribution in [2.75, 3.05) is 5.73 Å². The van der Waals surface area contributed by atoms with Crippen LogP contribution in [0, 0.1) is 5.92 Å². The molecule has 3 heterocycles. The quantitative estimate of drug-likeness (QED) is 0.816. The molecule has 0 aromatic carbocycles. The van der Waals surface area contributed by atoms with E-state index in [2.05, 4.69) is 15.0 Å². The molecule has 4 rings (SSSR count). The molecular weight excluding hydrogens is 348 g/mol. The molecular formula is C18H24N6O3. The fraction of sp³-hybridized carbons (Fsp3) is 0.611. The Morgan fingerprint density at radius 3 is 2.74 bits per heavy atom. The van der Waals surface area contributed by atoms with Crippen LogP contribution in [0.25, 0.3) is 11.2 Å².